The minimum atomic E-state index is 0. The number of halogens is 1. The van der Waals surface area contributed by atoms with Crippen LogP contribution in [0.1, 0.15) is 12.6 Å². The van der Waals surface area contributed by atoms with Crippen molar-refractivity contribution in [3.63, 3.8) is 0 Å². The molecule has 0 spiro atoms. The van der Waals surface area contributed by atoms with Gasteiger partial charge in [0.1, 0.15) is 0 Å². The summed E-state index contributed by atoms with van der Waals surface area (Å²) < 4.78 is 4.01. The zero-order chi connectivity index (χ0) is 17.3. The minimum absolute atomic E-state index is 0. The zero-order valence-electron chi connectivity index (χ0n) is 14.9. The molecule has 0 unspecified atom stereocenters. The molecule has 26 heavy (non-hydrogen) atoms. The molecule has 6 nitrogen and oxygen atoms in total. The summed E-state index contributed by atoms with van der Waals surface area (Å²) in [5.74, 6) is 0.809. The Balaban J connectivity index is 0.00000243. The van der Waals surface area contributed by atoms with Crippen LogP contribution in [0.25, 0.3) is 5.69 Å². The average Bonchev–Trinajstić information content (AvgIpc) is 3.32. The molecule has 138 valence electrons. The number of nitrogens with one attached hydrogen (secondary N) is 2. The standard InChI is InChI=1S/C19H24N6.HI/c1-2-20-19(21-11-15-24-12-6-7-13-24)22-16-17-10-14-25(23-17)18-8-4-3-5-9-18;/h3-10,12-14H,2,11,15-16H2,1H3,(H2,20,21,22);1H. The van der Waals surface area contributed by atoms with Crippen LogP contribution < -0.4 is 10.6 Å². The molecule has 0 aliphatic carbocycles. The molecule has 3 aromatic rings. The number of aromatic nitrogens is 3. The van der Waals surface area contributed by atoms with Crippen molar-refractivity contribution < 1.29 is 0 Å². The van der Waals surface area contributed by atoms with Crippen molar-refractivity contribution in [2.75, 3.05) is 13.1 Å². The molecular weight excluding hydrogens is 439 g/mol. The lowest BCUT2D eigenvalue weighted by Crippen LogP contribution is -2.38. The van der Waals surface area contributed by atoms with Crippen LogP contribution in [0.5, 0.6) is 0 Å². The van der Waals surface area contributed by atoms with Crippen molar-refractivity contribution in [2.45, 2.75) is 20.0 Å². The fraction of sp³-hybridized carbons (Fsp3) is 0.263. The average molecular weight is 464 g/mol. The van der Waals surface area contributed by atoms with Crippen LogP contribution in [-0.4, -0.2) is 33.4 Å². The number of para-hydroxylation sites is 1. The Morgan fingerprint density at radius 1 is 1.00 bits per heavy atom. The predicted molar refractivity (Wildman–Crippen MR) is 116 cm³/mol. The van der Waals surface area contributed by atoms with Gasteiger partial charge in [-0.1, -0.05) is 18.2 Å². The van der Waals surface area contributed by atoms with Crippen molar-refractivity contribution in [2.24, 2.45) is 4.99 Å². The highest BCUT2D eigenvalue weighted by Crippen LogP contribution is 2.07. The van der Waals surface area contributed by atoms with Crippen molar-refractivity contribution in [1.82, 2.24) is 25.0 Å². The van der Waals surface area contributed by atoms with Gasteiger partial charge in [0.25, 0.3) is 0 Å². The number of rotatable bonds is 7. The third kappa shape index (κ3) is 5.91. The van der Waals surface area contributed by atoms with Crippen LogP contribution in [0.4, 0.5) is 0 Å². The van der Waals surface area contributed by atoms with Crippen LogP contribution in [0.2, 0.25) is 0 Å². The number of hydrogen-bond donors (Lipinski definition) is 2. The van der Waals surface area contributed by atoms with Gasteiger partial charge in [0, 0.05) is 38.2 Å². The van der Waals surface area contributed by atoms with Crippen LogP contribution in [0.3, 0.4) is 0 Å². The van der Waals surface area contributed by atoms with Crippen LogP contribution >= 0.6 is 24.0 Å². The highest BCUT2D eigenvalue weighted by Gasteiger charge is 2.02. The molecule has 0 saturated carbocycles. The van der Waals surface area contributed by atoms with Crippen molar-refractivity contribution in [3.8, 4) is 5.69 Å². The van der Waals surface area contributed by atoms with E-state index in [1.54, 1.807) is 0 Å². The summed E-state index contributed by atoms with van der Waals surface area (Å²) in [4.78, 5) is 4.62. The summed E-state index contributed by atoms with van der Waals surface area (Å²) in [5.41, 5.74) is 1.99. The maximum absolute atomic E-state index is 4.62. The van der Waals surface area contributed by atoms with E-state index in [-0.39, 0.29) is 24.0 Å². The first-order valence-corrected chi connectivity index (χ1v) is 8.58. The fourth-order valence-corrected chi connectivity index (χ4v) is 2.49. The largest absolute Gasteiger partial charge is 0.357 e. The van der Waals surface area contributed by atoms with Crippen molar-refractivity contribution in [3.05, 3.63) is 72.8 Å². The van der Waals surface area contributed by atoms with E-state index < -0.39 is 0 Å². The van der Waals surface area contributed by atoms with E-state index in [1.165, 1.54) is 0 Å². The van der Waals surface area contributed by atoms with Gasteiger partial charge in [-0.05, 0) is 37.3 Å². The Morgan fingerprint density at radius 2 is 1.77 bits per heavy atom. The first-order valence-electron chi connectivity index (χ1n) is 8.58. The highest BCUT2D eigenvalue weighted by molar-refractivity contribution is 14.0. The Labute approximate surface area is 171 Å². The molecule has 0 aliphatic heterocycles. The normalized spacial score (nSPS) is 11.0. The second kappa shape index (κ2) is 10.6. The van der Waals surface area contributed by atoms with E-state index in [2.05, 4.69) is 44.6 Å². The van der Waals surface area contributed by atoms with E-state index in [4.69, 9.17) is 0 Å². The maximum atomic E-state index is 4.62. The van der Waals surface area contributed by atoms with Crippen molar-refractivity contribution >= 4 is 29.9 Å². The molecular formula is C19H25IN6. The minimum Gasteiger partial charge on any atom is -0.357 e. The first kappa shape index (κ1) is 20.0. The second-order valence-corrected chi connectivity index (χ2v) is 5.63. The number of nitrogens with zero attached hydrogens (tertiary/aromatic N) is 4. The summed E-state index contributed by atoms with van der Waals surface area (Å²) in [5, 5.41) is 11.2. The van der Waals surface area contributed by atoms with Gasteiger partial charge in [-0.2, -0.15) is 5.10 Å². The molecule has 0 bridgehead atoms. The van der Waals surface area contributed by atoms with Crippen LogP contribution in [0, 0.1) is 0 Å². The number of aliphatic imine (C=N–C) groups is 1. The van der Waals surface area contributed by atoms with Crippen LogP contribution in [0.15, 0.2) is 72.1 Å². The quantitative estimate of drug-likeness (QED) is 0.321. The van der Waals surface area contributed by atoms with E-state index in [0.29, 0.717) is 6.54 Å². The predicted octanol–water partition coefficient (Wildman–Crippen LogP) is 3.05. The summed E-state index contributed by atoms with van der Waals surface area (Å²) in [7, 11) is 0. The van der Waals surface area contributed by atoms with Gasteiger partial charge in [-0.25, -0.2) is 9.67 Å². The Hall–Kier alpha value is -2.29. The van der Waals surface area contributed by atoms with E-state index in [0.717, 1.165) is 37.0 Å². The summed E-state index contributed by atoms with van der Waals surface area (Å²) >= 11 is 0. The van der Waals surface area contributed by atoms with Crippen LogP contribution in [-0.2, 0) is 13.1 Å². The molecule has 2 aromatic heterocycles. The Kier molecular flexibility index (Phi) is 8.20. The second-order valence-electron chi connectivity index (χ2n) is 5.63. The Bertz CT molecular complexity index is 779. The molecule has 0 aliphatic rings. The lowest BCUT2D eigenvalue weighted by molar-refractivity contribution is 0.665. The topological polar surface area (TPSA) is 59.2 Å². The molecule has 1 aromatic carbocycles. The summed E-state index contributed by atoms with van der Waals surface area (Å²) in [6.45, 7) is 5.15. The van der Waals surface area contributed by atoms with Gasteiger partial charge >= 0.3 is 0 Å². The molecule has 0 amide bonds. The van der Waals surface area contributed by atoms with Gasteiger partial charge in [-0.3, -0.25) is 0 Å². The van der Waals surface area contributed by atoms with Gasteiger partial charge in [-0.15, -0.1) is 24.0 Å². The van der Waals surface area contributed by atoms with E-state index in [1.807, 2.05) is 59.4 Å². The smallest absolute Gasteiger partial charge is 0.191 e. The SMILES string of the molecule is CCNC(=NCc1ccn(-c2ccccc2)n1)NCCn1cccc1.I. The number of guanidine groups is 1. The summed E-state index contributed by atoms with van der Waals surface area (Å²) in [6.07, 6.45) is 6.08. The van der Waals surface area contributed by atoms with E-state index in [9.17, 15) is 0 Å². The fourth-order valence-electron chi connectivity index (χ4n) is 2.49. The van der Waals surface area contributed by atoms with Gasteiger partial charge < -0.3 is 15.2 Å². The molecule has 0 fully saturated rings. The lowest BCUT2D eigenvalue weighted by atomic mass is 10.3. The molecule has 3 rings (SSSR count). The van der Waals surface area contributed by atoms with Gasteiger partial charge in [0.2, 0.25) is 0 Å². The van der Waals surface area contributed by atoms with Gasteiger partial charge in [0.15, 0.2) is 5.96 Å². The third-order valence-electron chi connectivity index (χ3n) is 3.74. The van der Waals surface area contributed by atoms with Gasteiger partial charge in [0.05, 0.1) is 17.9 Å². The molecule has 0 saturated heterocycles. The third-order valence-corrected chi connectivity index (χ3v) is 3.74. The molecule has 7 heteroatoms. The Morgan fingerprint density at radius 3 is 2.50 bits per heavy atom. The molecule has 0 atom stereocenters. The first-order chi connectivity index (χ1) is 12.3. The summed E-state index contributed by atoms with van der Waals surface area (Å²) in [6, 6.07) is 16.1. The highest BCUT2D eigenvalue weighted by atomic mass is 127. The molecule has 2 N–H and O–H groups in total. The monoisotopic (exact) mass is 464 g/mol. The maximum Gasteiger partial charge on any atom is 0.191 e. The number of benzene rings is 1. The molecule has 2 heterocycles. The van der Waals surface area contributed by atoms with Crippen molar-refractivity contribution in [1.29, 1.82) is 0 Å². The zero-order valence-corrected chi connectivity index (χ0v) is 17.2. The van der Waals surface area contributed by atoms with E-state index >= 15 is 0 Å². The number of hydrogen-bond acceptors (Lipinski definition) is 2. The molecule has 0 radical (unpaired) electrons. The lowest BCUT2D eigenvalue weighted by Gasteiger charge is -2.11.